The molecule has 1 N–H and O–H groups in total. The second-order valence-electron chi connectivity index (χ2n) is 9.70. The summed E-state index contributed by atoms with van der Waals surface area (Å²) in [7, 11) is 1.68. The molecule has 1 saturated heterocycles. The van der Waals surface area contributed by atoms with Crippen LogP contribution in [0.15, 0.2) is 12.1 Å². The molecular formula is C23H31N5O3. The summed E-state index contributed by atoms with van der Waals surface area (Å²) in [5, 5.41) is 5.04. The lowest BCUT2D eigenvalue weighted by Gasteiger charge is -2.22. The van der Waals surface area contributed by atoms with E-state index in [-0.39, 0.29) is 5.54 Å². The van der Waals surface area contributed by atoms with Gasteiger partial charge < -0.3 is 19.2 Å². The van der Waals surface area contributed by atoms with Crippen LogP contribution in [0.1, 0.15) is 63.0 Å². The Kier molecular flexibility index (Phi) is 4.91. The van der Waals surface area contributed by atoms with Crippen LogP contribution in [-0.2, 0) is 26.4 Å². The van der Waals surface area contributed by atoms with Crippen molar-refractivity contribution in [1.29, 1.82) is 0 Å². The molecule has 8 nitrogen and oxygen atoms in total. The molecule has 3 aromatic heterocycles. The maximum atomic E-state index is 5.93. The SMILES string of the molecule is COCc1cc2nc(-c3cc(C4CCC5(C4)OCCO5)nn3C(C)(C)C)[nH]c2c(C)n1. The van der Waals surface area contributed by atoms with Crippen molar-refractivity contribution in [2.45, 2.75) is 70.8 Å². The van der Waals surface area contributed by atoms with E-state index in [1.165, 1.54) is 0 Å². The Bertz CT molecular complexity index is 1100. The monoisotopic (exact) mass is 425 g/mol. The number of aromatic nitrogens is 5. The minimum absolute atomic E-state index is 0.183. The Morgan fingerprint density at radius 1 is 1.23 bits per heavy atom. The number of aryl methyl sites for hydroxylation is 1. The number of H-pyrrole nitrogens is 1. The molecule has 0 amide bonds. The summed E-state index contributed by atoms with van der Waals surface area (Å²) in [6, 6.07) is 4.17. The Hall–Kier alpha value is -2.29. The molecule has 2 fully saturated rings. The normalized spacial score (nSPS) is 21.0. The molecule has 3 aromatic rings. The maximum absolute atomic E-state index is 5.93. The van der Waals surface area contributed by atoms with Gasteiger partial charge in [0.2, 0.25) is 0 Å². The number of nitrogens with one attached hydrogen (secondary N) is 1. The minimum atomic E-state index is -0.407. The van der Waals surface area contributed by atoms with E-state index in [1.54, 1.807) is 7.11 Å². The van der Waals surface area contributed by atoms with Gasteiger partial charge in [-0.25, -0.2) is 4.98 Å². The molecule has 0 radical (unpaired) electrons. The number of hydrogen-bond donors (Lipinski definition) is 1. The quantitative estimate of drug-likeness (QED) is 0.679. The Morgan fingerprint density at radius 3 is 2.71 bits per heavy atom. The van der Waals surface area contributed by atoms with E-state index in [1.807, 2.05) is 13.0 Å². The third kappa shape index (κ3) is 3.66. The molecule has 1 saturated carbocycles. The lowest BCUT2D eigenvalue weighted by molar-refractivity contribution is -0.151. The summed E-state index contributed by atoms with van der Waals surface area (Å²) in [4.78, 5) is 13.0. The predicted molar refractivity (Wildman–Crippen MR) is 117 cm³/mol. The average molecular weight is 426 g/mol. The molecule has 1 aliphatic heterocycles. The maximum Gasteiger partial charge on any atom is 0.169 e. The average Bonchev–Trinajstić information content (AvgIpc) is 3.47. The number of aromatic amines is 1. The highest BCUT2D eigenvalue weighted by Gasteiger charge is 2.45. The summed E-state index contributed by atoms with van der Waals surface area (Å²) in [5.74, 6) is 0.724. The number of nitrogens with zero attached hydrogens (tertiary/aromatic N) is 4. The fraction of sp³-hybridized carbons (Fsp3) is 0.609. The molecule has 5 rings (SSSR count). The van der Waals surface area contributed by atoms with Crippen LogP contribution in [0.3, 0.4) is 0 Å². The van der Waals surface area contributed by atoms with Crippen LogP contribution in [0.4, 0.5) is 0 Å². The number of pyridine rings is 1. The third-order valence-corrected chi connectivity index (χ3v) is 6.27. The first-order valence-corrected chi connectivity index (χ1v) is 11.0. The zero-order valence-electron chi connectivity index (χ0n) is 19.0. The van der Waals surface area contributed by atoms with Gasteiger partial charge in [0.1, 0.15) is 5.69 Å². The molecule has 0 aromatic carbocycles. The van der Waals surface area contributed by atoms with Crippen LogP contribution in [0.25, 0.3) is 22.6 Å². The summed E-state index contributed by atoms with van der Waals surface area (Å²) < 4.78 is 19.2. The highest BCUT2D eigenvalue weighted by atomic mass is 16.7. The molecular weight excluding hydrogens is 394 g/mol. The molecule has 2 aliphatic rings. The highest BCUT2D eigenvalue weighted by Crippen LogP contribution is 2.46. The largest absolute Gasteiger partial charge is 0.378 e. The van der Waals surface area contributed by atoms with E-state index in [0.717, 1.165) is 58.9 Å². The van der Waals surface area contributed by atoms with E-state index in [2.05, 4.69) is 41.5 Å². The number of rotatable bonds is 4. The van der Waals surface area contributed by atoms with Crippen LogP contribution in [-0.4, -0.2) is 50.8 Å². The number of imidazole rings is 1. The molecule has 1 spiro atoms. The van der Waals surface area contributed by atoms with E-state index < -0.39 is 5.79 Å². The molecule has 31 heavy (non-hydrogen) atoms. The molecule has 8 heteroatoms. The molecule has 166 valence electrons. The Labute approximate surface area is 182 Å². The van der Waals surface area contributed by atoms with Crippen molar-refractivity contribution in [3.63, 3.8) is 0 Å². The first-order valence-electron chi connectivity index (χ1n) is 11.0. The van der Waals surface area contributed by atoms with Gasteiger partial charge in [-0.15, -0.1) is 0 Å². The molecule has 1 atom stereocenters. The van der Waals surface area contributed by atoms with Gasteiger partial charge in [-0.3, -0.25) is 9.67 Å². The summed E-state index contributed by atoms with van der Waals surface area (Å²) >= 11 is 0. The molecule has 4 heterocycles. The fourth-order valence-corrected chi connectivity index (χ4v) is 4.84. The van der Waals surface area contributed by atoms with E-state index in [9.17, 15) is 0 Å². The molecule has 0 bridgehead atoms. The minimum Gasteiger partial charge on any atom is -0.378 e. The lowest BCUT2D eigenvalue weighted by Crippen LogP contribution is -2.26. The van der Waals surface area contributed by atoms with Gasteiger partial charge in [-0.1, -0.05) is 0 Å². The first kappa shape index (κ1) is 20.6. The zero-order valence-corrected chi connectivity index (χ0v) is 19.0. The summed E-state index contributed by atoms with van der Waals surface area (Å²) in [5.41, 5.74) is 5.52. The zero-order chi connectivity index (χ0) is 21.8. The van der Waals surface area contributed by atoms with Gasteiger partial charge in [-0.05, 0) is 46.2 Å². The van der Waals surface area contributed by atoms with Crippen molar-refractivity contribution in [2.24, 2.45) is 0 Å². The standard InChI is InChI=1S/C23H31N5O3/c1-14-20-18(10-16(24-14)13-29-5)25-21(26-20)19-11-17(27-28(19)22(2,3)4)15-6-7-23(12-15)30-8-9-31-23/h10-11,15H,6-9,12-13H2,1-5H3,(H,25,26). The van der Waals surface area contributed by atoms with Crippen LogP contribution >= 0.6 is 0 Å². The highest BCUT2D eigenvalue weighted by molar-refractivity contribution is 5.81. The Morgan fingerprint density at radius 2 is 2.00 bits per heavy atom. The summed E-state index contributed by atoms with van der Waals surface area (Å²) in [6.07, 6.45) is 2.80. The second-order valence-corrected chi connectivity index (χ2v) is 9.70. The number of fused-ring (bicyclic) bond motifs is 1. The topological polar surface area (TPSA) is 87.1 Å². The first-order chi connectivity index (χ1) is 14.8. The van der Waals surface area contributed by atoms with Gasteiger partial charge >= 0.3 is 0 Å². The number of hydrogen-bond acceptors (Lipinski definition) is 6. The number of ether oxygens (including phenoxy) is 3. The van der Waals surface area contributed by atoms with Crippen LogP contribution < -0.4 is 0 Å². The predicted octanol–water partition coefficient (Wildman–Crippen LogP) is 4.04. The smallest absolute Gasteiger partial charge is 0.169 e. The van der Waals surface area contributed by atoms with Crippen molar-refractivity contribution >= 4 is 11.0 Å². The number of methoxy groups -OCH3 is 1. The van der Waals surface area contributed by atoms with Crippen molar-refractivity contribution < 1.29 is 14.2 Å². The van der Waals surface area contributed by atoms with Gasteiger partial charge in [0.05, 0.1) is 53.5 Å². The van der Waals surface area contributed by atoms with E-state index in [0.29, 0.717) is 25.7 Å². The van der Waals surface area contributed by atoms with Gasteiger partial charge in [0, 0.05) is 25.9 Å². The van der Waals surface area contributed by atoms with E-state index in [4.69, 9.17) is 24.3 Å². The van der Waals surface area contributed by atoms with Crippen molar-refractivity contribution in [1.82, 2.24) is 24.7 Å². The van der Waals surface area contributed by atoms with Crippen molar-refractivity contribution in [2.75, 3.05) is 20.3 Å². The van der Waals surface area contributed by atoms with Crippen molar-refractivity contribution in [3.05, 3.63) is 29.2 Å². The van der Waals surface area contributed by atoms with Crippen LogP contribution in [0.2, 0.25) is 0 Å². The third-order valence-electron chi connectivity index (χ3n) is 6.27. The Balaban J connectivity index is 1.55. The van der Waals surface area contributed by atoms with Gasteiger partial charge in [-0.2, -0.15) is 5.10 Å². The second kappa shape index (κ2) is 7.39. The lowest BCUT2D eigenvalue weighted by atomic mass is 10.0. The van der Waals surface area contributed by atoms with Gasteiger partial charge in [0.15, 0.2) is 11.6 Å². The van der Waals surface area contributed by atoms with Crippen LogP contribution in [0, 0.1) is 6.92 Å². The molecule has 1 unspecified atom stereocenters. The van der Waals surface area contributed by atoms with Gasteiger partial charge in [0.25, 0.3) is 0 Å². The van der Waals surface area contributed by atoms with Crippen LogP contribution in [0.5, 0.6) is 0 Å². The van der Waals surface area contributed by atoms with Crippen molar-refractivity contribution in [3.8, 4) is 11.5 Å². The fourth-order valence-electron chi connectivity index (χ4n) is 4.84. The summed E-state index contributed by atoms with van der Waals surface area (Å²) in [6.45, 7) is 10.3. The molecule has 1 aliphatic carbocycles. The van der Waals surface area contributed by atoms with E-state index >= 15 is 0 Å².